The number of rotatable bonds is 8. The maximum Gasteiger partial charge on any atom is 0.227 e. The van der Waals surface area contributed by atoms with Gasteiger partial charge in [-0.25, -0.2) is 4.98 Å². The number of carbonyl (C=O) groups excluding carboxylic acids is 2. The molecule has 0 spiro atoms. The van der Waals surface area contributed by atoms with Crippen LogP contribution in [0.1, 0.15) is 12.1 Å². The molecule has 0 bridgehead atoms. The van der Waals surface area contributed by atoms with Gasteiger partial charge in [0.1, 0.15) is 5.01 Å². The molecule has 1 aliphatic heterocycles. The van der Waals surface area contributed by atoms with Gasteiger partial charge >= 0.3 is 0 Å². The summed E-state index contributed by atoms with van der Waals surface area (Å²) in [6.45, 7) is 4.03. The van der Waals surface area contributed by atoms with Crippen LogP contribution >= 0.6 is 23.1 Å². The summed E-state index contributed by atoms with van der Waals surface area (Å²) in [6.07, 6.45) is 0.463. The maximum atomic E-state index is 12.2. The van der Waals surface area contributed by atoms with Crippen LogP contribution in [-0.4, -0.2) is 64.3 Å². The summed E-state index contributed by atoms with van der Waals surface area (Å²) in [7, 11) is 0. The number of benzene rings is 1. The Balaban J connectivity index is 1.41. The molecule has 144 valence electrons. The zero-order valence-electron chi connectivity index (χ0n) is 15.2. The third-order valence-electron chi connectivity index (χ3n) is 4.39. The van der Waals surface area contributed by atoms with E-state index in [4.69, 9.17) is 10.7 Å². The van der Waals surface area contributed by atoms with Crippen molar-refractivity contribution in [2.24, 2.45) is 5.73 Å². The quantitative estimate of drug-likeness (QED) is 0.682. The highest BCUT2D eigenvalue weighted by molar-refractivity contribution is 7.99. The number of piperazine rings is 1. The molecule has 2 amide bonds. The Labute approximate surface area is 167 Å². The van der Waals surface area contributed by atoms with E-state index in [1.165, 1.54) is 11.8 Å². The Morgan fingerprint density at radius 3 is 2.59 bits per heavy atom. The topological polar surface area (TPSA) is 79.5 Å². The Morgan fingerprint density at radius 1 is 1.15 bits per heavy atom. The van der Waals surface area contributed by atoms with E-state index in [0.29, 0.717) is 12.2 Å². The summed E-state index contributed by atoms with van der Waals surface area (Å²) in [5.74, 6) is 0.744. The molecule has 0 aliphatic carbocycles. The smallest absolute Gasteiger partial charge is 0.227 e. The molecular formula is C19H24N4O2S2. The minimum Gasteiger partial charge on any atom is -0.369 e. The summed E-state index contributed by atoms with van der Waals surface area (Å²) < 4.78 is 0. The molecule has 1 fully saturated rings. The van der Waals surface area contributed by atoms with E-state index in [-0.39, 0.29) is 17.6 Å². The summed E-state index contributed by atoms with van der Waals surface area (Å²) in [5.41, 5.74) is 7.34. The van der Waals surface area contributed by atoms with E-state index in [1.54, 1.807) is 11.3 Å². The molecule has 6 nitrogen and oxygen atoms in total. The molecule has 1 aliphatic rings. The van der Waals surface area contributed by atoms with Crippen LogP contribution in [0.2, 0.25) is 0 Å². The second kappa shape index (κ2) is 9.87. The highest BCUT2D eigenvalue weighted by Gasteiger charge is 2.21. The van der Waals surface area contributed by atoms with Crippen molar-refractivity contribution in [1.29, 1.82) is 0 Å². The zero-order valence-corrected chi connectivity index (χ0v) is 16.8. The molecule has 8 heteroatoms. The minimum absolute atomic E-state index is 0.159. The first kappa shape index (κ1) is 19.9. The van der Waals surface area contributed by atoms with Gasteiger partial charge in [0.2, 0.25) is 11.8 Å². The van der Waals surface area contributed by atoms with E-state index in [1.807, 2.05) is 23.1 Å². The number of thiazole rings is 1. The third-order valence-corrected chi connectivity index (χ3v) is 6.31. The van der Waals surface area contributed by atoms with Gasteiger partial charge in [0.05, 0.1) is 11.4 Å². The largest absolute Gasteiger partial charge is 0.369 e. The molecule has 1 aromatic heterocycles. The predicted molar refractivity (Wildman–Crippen MR) is 111 cm³/mol. The number of carbonyl (C=O) groups is 2. The number of amides is 2. The Kier molecular flexibility index (Phi) is 7.25. The fraction of sp³-hybridized carbons (Fsp3) is 0.421. The highest BCUT2D eigenvalue weighted by atomic mass is 32.2. The van der Waals surface area contributed by atoms with Gasteiger partial charge in [0.25, 0.3) is 0 Å². The molecule has 1 aromatic carbocycles. The Bertz CT molecular complexity index is 758. The standard InChI is InChI=1S/C19H24N4O2S2/c20-17(24)14-26-11-6-18(25)23-9-7-22(8-10-23)12-16-13-27-19(21-16)15-4-2-1-3-5-15/h1-5,13H,6-12,14H2,(H2,20,24). The number of hydrogen-bond acceptors (Lipinski definition) is 6. The number of hydrogen-bond donors (Lipinski definition) is 1. The first-order chi connectivity index (χ1) is 13.1. The summed E-state index contributed by atoms with van der Waals surface area (Å²) in [5, 5.41) is 3.17. The fourth-order valence-corrected chi connectivity index (χ4v) is 4.45. The lowest BCUT2D eigenvalue weighted by atomic mass is 10.2. The zero-order chi connectivity index (χ0) is 19.1. The first-order valence-electron chi connectivity index (χ1n) is 8.98. The van der Waals surface area contributed by atoms with E-state index in [0.717, 1.165) is 49.0 Å². The van der Waals surface area contributed by atoms with E-state index in [2.05, 4.69) is 22.4 Å². The molecule has 0 unspecified atom stereocenters. The summed E-state index contributed by atoms with van der Waals surface area (Å²) >= 11 is 3.09. The lowest BCUT2D eigenvalue weighted by molar-refractivity contribution is -0.132. The second-order valence-corrected chi connectivity index (χ2v) is 8.40. The Morgan fingerprint density at radius 2 is 1.89 bits per heavy atom. The number of primary amides is 1. The lowest BCUT2D eigenvalue weighted by Crippen LogP contribution is -2.48. The third kappa shape index (κ3) is 6.05. The number of nitrogens with two attached hydrogens (primary N) is 1. The van der Waals surface area contributed by atoms with Gasteiger partial charge in [-0.3, -0.25) is 14.5 Å². The van der Waals surface area contributed by atoms with Crippen molar-refractivity contribution in [3.05, 3.63) is 41.4 Å². The first-order valence-corrected chi connectivity index (χ1v) is 11.0. The van der Waals surface area contributed by atoms with Gasteiger partial charge in [-0.1, -0.05) is 30.3 Å². The van der Waals surface area contributed by atoms with Crippen molar-refractivity contribution in [3.8, 4) is 10.6 Å². The van der Waals surface area contributed by atoms with Gasteiger partial charge in [-0.15, -0.1) is 11.3 Å². The molecular weight excluding hydrogens is 380 g/mol. The summed E-state index contributed by atoms with van der Waals surface area (Å²) in [6, 6.07) is 10.2. The Hall–Kier alpha value is -1.90. The fourth-order valence-electron chi connectivity index (χ4n) is 2.97. The van der Waals surface area contributed by atoms with Crippen molar-refractivity contribution in [2.45, 2.75) is 13.0 Å². The molecule has 2 N–H and O–H groups in total. The van der Waals surface area contributed by atoms with E-state index >= 15 is 0 Å². The highest BCUT2D eigenvalue weighted by Crippen LogP contribution is 2.24. The van der Waals surface area contributed by atoms with Gasteiger partial charge in [0.15, 0.2) is 0 Å². The van der Waals surface area contributed by atoms with Crippen LogP contribution in [0.5, 0.6) is 0 Å². The number of aromatic nitrogens is 1. The monoisotopic (exact) mass is 404 g/mol. The van der Waals surface area contributed by atoms with Gasteiger partial charge < -0.3 is 10.6 Å². The molecule has 2 heterocycles. The van der Waals surface area contributed by atoms with E-state index in [9.17, 15) is 9.59 Å². The van der Waals surface area contributed by atoms with Crippen LogP contribution in [-0.2, 0) is 16.1 Å². The molecule has 0 atom stereocenters. The van der Waals surface area contributed by atoms with Gasteiger partial charge in [-0.05, 0) is 0 Å². The van der Waals surface area contributed by atoms with Crippen molar-refractivity contribution < 1.29 is 9.59 Å². The summed E-state index contributed by atoms with van der Waals surface area (Å²) in [4.78, 5) is 32.0. The molecule has 2 aromatic rings. The average Bonchev–Trinajstić information content (AvgIpc) is 3.15. The minimum atomic E-state index is -0.335. The normalized spacial score (nSPS) is 15.0. The molecule has 0 saturated carbocycles. The van der Waals surface area contributed by atoms with Gasteiger partial charge in [-0.2, -0.15) is 11.8 Å². The molecule has 27 heavy (non-hydrogen) atoms. The average molecular weight is 405 g/mol. The predicted octanol–water partition coefficient (Wildman–Crippen LogP) is 2.06. The number of nitrogens with zero attached hydrogens (tertiary/aromatic N) is 3. The lowest BCUT2D eigenvalue weighted by Gasteiger charge is -2.34. The van der Waals surface area contributed by atoms with Gasteiger partial charge in [0, 0.05) is 55.8 Å². The van der Waals surface area contributed by atoms with Crippen molar-refractivity contribution >= 4 is 34.9 Å². The van der Waals surface area contributed by atoms with Crippen LogP contribution in [0, 0.1) is 0 Å². The number of thioether (sulfide) groups is 1. The van der Waals surface area contributed by atoms with Crippen LogP contribution in [0.15, 0.2) is 35.7 Å². The molecule has 1 saturated heterocycles. The van der Waals surface area contributed by atoms with E-state index < -0.39 is 0 Å². The second-order valence-electron chi connectivity index (χ2n) is 6.44. The van der Waals surface area contributed by atoms with Crippen LogP contribution in [0.25, 0.3) is 10.6 Å². The molecule has 3 rings (SSSR count). The van der Waals surface area contributed by atoms with Crippen LogP contribution in [0.3, 0.4) is 0 Å². The maximum absolute atomic E-state index is 12.2. The van der Waals surface area contributed by atoms with Crippen LogP contribution < -0.4 is 5.73 Å². The van der Waals surface area contributed by atoms with Crippen molar-refractivity contribution in [1.82, 2.24) is 14.8 Å². The SMILES string of the molecule is NC(=O)CSCCC(=O)N1CCN(Cc2csc(-c3ccccc3)n2)CC1. The molecule has 0 radical (unpaired) electrons. The van der Waals surface area contributed by atoms with Crippen LogP contribution in [0.4, 0.5) is 0 Å². The van der Waals surface area contributed by atoms with Crippen molar-refractivity contribution in [3.63, 3.8) is 0 Å². The van der Waals surface area contributed by atoms with Crippen molar-refractivity contribution in [2.75, 3.05) is 37.7 Å².